The van der Waals surface area contributed by atoms with E-state index in [9.17, 15) is 32.3 Å². The average molecular weight is 533 g/mol. The third kappa shape index (κ3) is 5.85. The molecule has 2 aromatic heterocycles. The maximum atomic E-state index is 14.8. The van der Waals surface area contributed by atoms with E-state index in [2.05, 4.69) is 20.6 Å². The van der Waals surface area contributed by atoms with Gasteiger partial charge in [0.05, 0.1) is 16.0 Å². The highest BCUT2D eigenvalue weighted by molar-refractivity contribution is 7.22. The summed E-state index contributed by atoms with van der Waals surface area (Å²) in [5.41, 5.74) is 0.683. The van der Waals surface area contributed by atoms with E-state index in [1.165, 1.54) is 24.3 Å². The summed E-state index contributed by atoms with van der Waals surface area (Å²) in [6, 6.07) is 10.5. The number of carbonyl (C=O) groups is 2. The van der Waals surface area contributed by atoms with Crippen molar-refractivity contribution >= 4 is 44.4 Å². The molecule has 3 N–H and O–H groups in total. The van der Waals surface area contributed by atoms with Crippen molar-refractivity contribution in [3.63, 3.8) is 0 Å². The molecule has 0 aliphatic carbocycles. The van der Waals surface area contributed by atoms with Crippen LogP contribution in [0.2, 0.25) is 0 Å². The van der Waals surface area contributed by atoms with Crippen LogP contribution in [-0.4, -0.2) is 33.0 Å². The van der Waals surface area contributed by atoms with Gasteiger partial charge in [-0.05, 0) is 47.4 Å². The molecule has 0 saturated heterocycles. The number of fused-ring (bicyclic) bond motifs is 1. The number of pyridine rings is 1. The lowest BCUT2D eigenvalue weighted by atomic mass is 10.0. The maximum Gasteiger partial charge on any atom is 0.417 e. The van der Waals surface area contributed by atoms with E-state index in [1.54, 1.807) is 32.0 Å². The molecule has 192 valence electrons. The number of carboxylic acids is 1. The number of aromatic nitrogens is 2. The minimum absolute atomic E-state index is 0.0725. The Kier molecular flexibility index (Phi) is 7.12. The van der Waals surface area contributed by atoms with Gasteiger partial charge in [-0.25, -0.2) is 14.2 Å². The Bertz CT molecular complexity index is 1470. The first-order chi connectivity index (χ1) is 17.4. The van der Waals surface area contributed by atoms with E-state index in [0.29, 0.717) is 17.3 Å². The predicted octanol–water partition coefficient (Wildman–Crippen LogP) is 6.10. The number of rotatable bonds is 7. The number of thiazole rings is 1. The van der Waals surface area contributed by atoms with E-state index in [0.717, 1.165) is 17.4 Å². The zero-order chi connectivity index (χ0) is 26.9. The van der Waals surface area contributed by atoms with Gasteiger partial charge in [0.15, 0.2) is 10.8 Å². The van der Waals surface area contributed by atoms with Crippen LogP contribution in [0.5, 0.6) is 0 Å². The highest BCUT2D eigenvalue weighted by atomic mass is 32.1. The molecule has 2 aromatic carbocycles. The number of nitrogens with one attached hydrogen (secondary N) is 2. The number of alkyl halides is 3. The molecular weight excluding hydrogens is 512 g/mol. The molecule has 1 amide bonds. The second kappa shape index (κ2) is 10.1. The number of nitrogens with zero attached hydrogens (tertiary/aromatic N) is 2. The first kappa shape index (κ1) is 26.0. The molecule has 12 heteroatoms. The number of aliphatic carboxylic acids is 1. The molecule has 0 spiro atoms. The van der Waals surface area contributed by atoms with Crippen molar-refractivity contribution in [3.8, 4) is 11.1 Å². The second-order valence-electron chi connectivity index (χ2n) is 8.49. The number of carbonyl (C=O) groups excluding carboxylic acids is 1. The van der Waals surface area contributed by atoms with Gasteiger partial charge in [-0.2, -0.15) is 18.2 Å². The van der Waals surface area contributed by atoms with Crippen LogP contribution in [0.4, 0.5) is 28.4 Å². The molecule has 0 aliphatic heterocycles. The standard InChI is InChI=1S/C25H20F4N4O3S/c1-12(2)20(23(35)36)32-22(34)14-5-3-13(4-6-14)15-7-8-18(17(26)9-15)31-24-33-21-19(37-24)10-16(11-30-21)25(27,28)29/h3-12,20H,1-2H3,(H,32,34)(H,35,36)(H,30,31,33)/t20-/m0/s1. The molecule has 0 saturated carbocycles. The van der Waals surface area contributed by atoms with Crippen LogP contribution in [0.25, 0.3) is 21.5 Å². The van der Waals surface area contributed by atoms with Gasteiger partial charge in [-0.3, -0.25) is 4.79 Å². The zero-order valence-corrected chi connectivity index (χ0v) is 20.2. The SMILES string of the molecule is CC(C)[C@H](NC(=O)c1ccc(-c2ccc(Nc3nc4ncc(C(F)(F)F)cc4s3)c(F)c2)cc1)C(=O)O. The molecule has 0 unspecified atom stereocenters. The summed E-state index contributed by atoms with van der Waals surface area (Å²) >= 11 is 0.917. The average Bonchev–Trinajstić information content (AvgIpc) is 3.24. The molecule has 4 aromatic rings. The quantitative estimate of drug-likeness (QED) is 0.249. The van der Waals surface area contributed by atoms with Crippen molar-refractivity contribution < 1.29 is 32.3 Å². The molecule has 0 fully saturated rings. The van der Waals surface area contributed by atoms with Gasteiger partial charge in [0.25, 0.3) is 5.91 Å². The van der Waals surface area contributed by atoms with Crippen LogP contribution in [0.3, 0.4) is 0 Å². The third-order valence-corrected chi connectivity index (χ3v) is 6.39. The Labute approximate surface area is 212 Å². The zero-order valence-electron chi connectivity index (χ0n) is 19.4. The summed E-state index contributed by atoms with van der Waals surface area (Å²) in [7, 11) is 0. The molecule has 1 atom stereocenters. The van der Waals surface area contributed by atoms with Crippen LogP contribution in [0, 0.1) is 11.7 Å². The number of anilines is 2. The molecule has 7 nitrogen and oxygen atoms in total. The van der Waals surface area contributed by atoms with E-state index in [4.69, 9.17) is 0 Å². The van der Waals surface area contributed by atoms with Crippen LogP contribution in [0.1, 0.15) is 29.8 Å². The van der Waals surface area contributed by atoms with Gasteiger partial charge in [0, 0.05) is 11.8 Å². The lowest BCUT2D eigenvalue weighted by molar-refractivity contribution is -0.140. The van der Waals surface area contributed by atoms with Crippen LogP contribution >= 0.6 is 11.3 Å². The highest BCUT2D eigenvalue weighted by Crippen LogP contribution is 2.34. The Balaban J connectivity index is 1.49. The smallest absolute Gasteiger partial charge is 0.417 e. The summed E-state index contributed by atoms with van der Waals surface area (Å²) in [6.45, 7) is 3.37. The number of halogens is 4. The van der Waals surface area contributed by atoms with Gasteiger partial charge in [-0.1, -0.05) is 43.4 Å². The highest BCUT2D eigenvalue weighted by Gasteiger charge is 2.31. The third-order valence-electron chi connectivity index (χ3n) is 5.48. The Morgan fingerprint density at radius 2 is 1.70 bits per heavy atom. The van der Waals surface area contributed by atoms with Gasteiger partial charge in [-0.15, -0.1) is 0 Å². The normalized spacial score (nSPS) is 12.5. The summed E-state index contributed by atoms with van der Waals surface area (Å²) in [4.78, 5) is 31.6. The first-order valence-corrected chi connectivity index (χ1v) is 11.8. The van der Waals surface area contributed by atoms with E-state index in [-0.39, 0.29) is 32.6 Å². The monoisotopic (exact) mass is 532 g/mol. The fourth-order valence-electron chi connectivity index (χ4n) is 3.49. The van der Waals surface area contributed by atoms with Gasteiger partial charge < -0.3 is 15.7 Å². The van der Waals surface area contributed by atoms with Crippen LogP contribution < -0.4 is 10.6 Å². The topological polar surface area (TPSA) is 104 Å². The fourth-order valence-corrected chi connectivity index (χ4v) is 4.37. The van der Waals surface area contributed by atoms with Crippen molar-refractivity contribution in [1.82, 2.24) is 15.3 Å². The Morgan fingerprint density at radius 1 is 1.03 bits per heavy atom. The summed E-state index contributed by atoms with van der Waals surface area (Å²) < 4.78 is 53.8. The van der Waals surface area contributed by atoms with Crippen molar-refractivity contribution in [1.29, 1.82) is 0 Å². The molecule has 37 heavy (non-hydrogen) atoms. The van der Waals surface area contributed by atoms with Crippen LogP contribution in [-0.2, 0) is 11.0 Å². The number of amides is 1. The number of hydrogen-bond acceptors (Lipinski definition) is 6. The molecular formula is C25H20F4N4O3S. The van der Waals surface area contributed by atoms with E-state index in [1.807, 2.05) is 0 Å². The number of carboxylic acid groups (broad SMARTS) is 1. The molecule has 0 bridgehead atoms. The van der Waals surface area contributed by atoms with Gasteiger partial charge in [0.1, 0.15) is 11.9 Å². The first-order valence-electron chi connectivity index (χ1n) is 11.0. The lowest BCUT2D eigenvalue weighted by Crippen LogP contribution is -2.44. The number of hydrogen-bond donors (Lipinski definition) is 3. The summed E-state index contributed by atoms with van der Waals surface area (Å²) in [5.74, 6) is -2.58. The molecule has 2 heterocycles. The van der Waals surface area contributed by atoms with Crippen molar-refractivity contribution in [2.75, 3.05) is 5.32 Å². The van der Waals surface area contributed by atoms with Crippen molar-refractivity contribution in [3.05, 3.63) is 71.7 Å². The molecule has 4 rings (SSSR count). The lowest BCUT2D eigenvalue weighted by Gasteiger charge is -2.18. The molecule has 0 aliphatic rings. The predicted molar refractivity (Wildman–Crippen MR) is 131 cm³/mol. The van der Waals surface area contributed by atoms with Gasteiger partial charge in [0.2, 0.25) is 0 Å². The largest absolute Gasteiger partial charge is 0.480 e. The van der Waals surface area contributed by atoms with Crippen LogP contribution in [0.15, 0.2) is 54.7 Å². The van der Waals surface area contributed by atoms with E-state index < -0.39 is 35.5 Å². The van der Waals surface area contributed by atoms with Crippen molar-refractivity contribution in [2.24, 2.45) is 5.92 Å². The summed E-state index contributed by atoms with van der Waals surface area (Å²) in [6.07, 6.45) is -3.83. The maximum absolute atomic E-state index is 14.8. The molecule has 0 radical (unpaired) electrons. The minimum atomic E-state index is -4.53. The van der Waals surface area contributed by atoms with E-state index >= 15 is 0 Å². The van der Waals surface area contributed by atoms with Gasteiger partial charge >= 0.3 is 12.1 Å². The minimum Gasteiger partial charge on any atom is -0.480 e. The second-order valence-corrected chi connectivity index (χ2v) is 9.52. The Hall–Kier alpha value is -4.06. The fraction of sp³-hybridized carbons (Fsp3) is 0.200. The number of benzene rings is 2. The van der Waals surface area contributed by atoms with Crippen molar-refractivity contribution in [2.45, 2.75) is 26.1 Å². The summed E-state index contributed by atoms with van der Waals surface area (Å²) in [5, 5.41) is 14.7. The Morgan fingerprint density at radius 3 is 2.30 bits per heavy atom.